The van der Waals surface area contributed by atoms with E-state index < -0.39 is 0 Å². The van der Waals surface area contributed by atoms with Crippen LogP contribution in [-0.4, -0.2) is 17.6 Å². The van der Waals surface area contributed by atoms with Crippen LogP contribution in [0.25, 0.3) is 0 Å². The van der Waals surface area contributed by atoms with E-state index in [0.29, 0.717) is 6.61 Å². The zero-order valence-corrected chi connectivity index (χ0v) is 12.1. The lowest BCUT2D eigenvalue weighted by atomic mass is 10.1. The number of hydrogen-bond acceptors (Lipinski definition) is 4. The minimum Gasteiger partial charge on any atom is -0.369 e. The summed E-state index contributed by atoms with van der Waals surface area (Å²) in [6.07, 6.45) is 3.05. The Morgan fingerprint density at radius 3 is 2.76 bits per heavy atom. The van der Waals surface area contributed by atoms with Gasteiger partial charge in [0.05, 0.1) is 5.69 Å². The van der Waals surface area contributed by atoms with Gasteiger partial charge in [-0.1, -0.05) is 13.3 Å². The molecule has 17 heavy (non-hydrogen) atoms. The Labute approximate surface area is 108 Å². The molecule has 1 atom stereocenters. The Kier molecular flexibility index (Phi) is 5.56. The summed E-state index contributed by atoms with van der Waals surface area (Å²) >= 11 is 1.66. The highest BCUT2D eigenvalue weighted by atomic mass is 32.1. The van der Waals surface area contributed by atoms with E-state index in [9.17, 15) is 0 Å². The second kappa shape index (κ2) is 6.47. The molecule has 0 spiro atoms. The Morgan fingerprint density at radius 2 is 2.18 bits per heavy atom. The van der Waals surface area contributed by atoms with Gasteiger partial charge in [0.2, 0.25) is 0 Å². The second-order valence-corrected chi connectivity index (χ2v) is 5.70. The van der Waals surface area contributed by atoms with Crippen LogP contribution in [0.1, 0.15) is 51.2 Å². The van der Waals surface area contributed by atoms with Crippen LogP contribution in [0.5, 0.6) is 0 Å². The molecule has 1 heterocycles. The molecule has 98 valence electrons. The number of ether oxygens (including phenoxy) is 1. The van der Waals surface area contributed by atoms with Crippen LogP contribution in [0.4, 0.5) is 0 Å². The number of nitrogens with zero attached hydrogens (tertiary/aromatic N) is 1. The summed E-state index contributed by atoms with van der Waals surface area (Å²) < 4.78 is 5.70. The smallest absolute Gasteiger partial charge is 0.124 e. The van der Waals surface area contributed by atoms with Gasteiger partial charge in [-0.2, -0.15) is 0 Å². The Balaban J connectivity index is 2.64. The molecule has 1 unspecified atom stereocenters. The van der Waals surface area contributed by atoms with E-state index >= 15 is 0 Å². The Bertz CT molecular complexity index is 336. The highest BCUT2D eigenvalue weighted by Gasteiger charge is 2.24. The fourth-order valence-electron chi connectivity index (χ4n) is 1.84. The highest BCUT2D eigenvalue weighted by Crippen LogP contribution is 2.28. The van der Waals surface area contributed by atoms with Crippen molar-refractivity contribution in [3.8, 4) is 0 Å². The quantitative estimate of drug-likeness (QED) is 0.815. The van der Waals surface area contributed by atoms with Crippen LogP contribution in [0, 0.1) is 0 Å². The highest BCUT2D eigenvalue weighted by molar-refractivity contribution is 7.09. The van der Waals surface area contributed by atoms with Crippen molar-refractivity contribution in [1.82, 2.24) is 4.98 Å². The van der Waals surface area contributed by atoms with Crippen molar-refractivity contribution in [2.45, 2.75) is 58.6 Å². The summed E-state index contributed by atoms with van der Waals surface area (Å²) in [6, 6.07) is 0.227. The van der Waals surface area contributed by atoms with Gasteiger partial charge >= 0.3 is 0 Å². The SMILES string of the molecule is CCCC(N)Cc1csc(C(C)(C)OCC)n1. The first kappa shape index (κ1) is 14.6. The minimum absolute atomic E-state index is 0.227. The summed E-state index contributed by atoms with van der Waals surface area (Å²) in [5, 5.41) is 3.14. The van der Waals surface area contributed by atoms with Gasteiger partial charge in [-0.15, -0.1) is 11.3 Å². The lowest BCUT2D eigenvalue weighted by Gasteiger charge is -2.21. The maximum absolute atomic E-state index is 6.03. The molecule has 0 bridgehead atoms. The molecule has 1 aromatic heterocycles. The zero-order chi connectivity index (χ0) is 12.9. The van der Waals surface area contributed by atoms with E-state index in [-0.39, 0.29) is 11.6 Å². The second-order valence-electron chi connectivity index (χ2n) is 4.84. The molecule has 4 heteroatoms. The summed E-state index contributed by atoms with van der Waals surface area (Å²) in [4.78, 5) is 4.64. The number of nitrogens with two attached hydrogens (primary N) is 1. The molecule has 2 N–H and O–H groups in total. The van der Waals surface area contributed by atoms with Gasteiger partial charge in [0, 0.05) is 24.4 Å². The van der Waals surface area contributed by atoms with Crippen LogP contribution in [-0.2, 0) is 16.8 Å². The normalized spacial score (nSPS) is 13.9. The number of thiazole rings is 1. The van der Waals surface area contributed by atoms with Crippen molar-refractivity contribution in [3.05, 3.63) is 16.1 Å². The third kappa shape index (κ3) is 4.37. The lowest BCUT2D eigenvalue weighted by Crippen LogP contribution is -2.23. The van der Waals surface area contributed by atoms with Gasteiger partial charge in [0.25, 0.3) is 0 Å². The molecule has 0 fully saturated rings. The van der Waals surface area contributed by atoms with Gasteiger partial charge in [-0.05, 0) is 27.2 Å². The molecule has 0 radical (unpaired) electrons. The van der Waals surface area contributed by atoms with Crippen LogP contribution in [0.2, 0.25) is 0 Å². The van der Waals surface area contributed by atoms with Gasteiger partial charge in [-0.3, -0.25) is 0 Å². The van der Waals surface area contributed by atoms with Crippen molar-refractivity contribution >= 4 is 11.3 Å². The number of aromatic nitrogens is 1. The van der Waals surface area contributed by atoms with E-state index in [2.05, 4.69) is 31.1 Å². The van der Waals surface area contributed by atoms with Gasteiger partial charge < -0.3 is 10.5 Å². The van der Waals surface area contributed by atoms with Crippen LogP contribution in [0.15, 0.2) is 5.38 Å². The molecule has 0 aliphatic heterocycles. The topological polar surface area (TPSA) is 48.1 Å². The third-order valence-corrected chi connectivity index (χ3v) is 3.90. The third-order valence-electron chi connectivity index (χ3n) is 2.70. The molecule has 0 aliphatic carbocycles. The first-order chi connectivity index (χ1) is 7.99. The Hall–Kier alpha value is -0.450. The predicted molar refractivity (Wildman–Crippen MR) is 73.4 cm³/mol. The van der Waals surface area contributed by atoms with Gasteiger partial charge in [-0.25, -0.2) is 4.98 Å². The fraction of sp³-hybridized carbons (Fsp3) is 0.769. The lowest BCUT2D eigenvalue weighted by molar-refractivity contribution is -0.0142. The molecule has 0 saturated carbocycles. The van der Waals surface area contributed by atoms with Crippen molar-refractivity contribution < 1.29 is 4.74 Å². The first-order valence-corrected chi connectivity index (χ1v) is 7.22. The maximum atomic E-state index is 6.03. The average molecular weight is 256 g/mol. The van der Waals surface area contributed by atoms with Crippen molar-refractivity contribution in [3.63, 3.8) is 0 Å². The predicted octanol–water partition coefficient (Wildman–Crippen LogP) is 3.08. The van der Waals surface area contributed by atoms with E-state index in [4.69, 9.17) is 10.5 Å². The van der Waals surface area contributed by atoms with Crippen LogP contribution in [0.3, 0.4) is 0 Å². The molecule has 0 aliphatic rings. The van der Waals surface area contributed by atoms with E-state index in [1.165, 1.54) is 0 Å². The molecule has 1 aromatic rings. The zero-order valence-electron chi connectivity index (χ0n) is 11.3. The van der Waals surface area contributed by atoms with Crippen molar-refractivity contribution in [2.75, 3.05) is 6.61 Å². The van der Waals surface area contributed by atoms with Crippen LogP contribution >= 0.6 is 11.3 Å². The summed E-state index contributed by atoms with van der Waals surface area (Å²) in [6.45, 7) is 8.99. The number of hydrogen-bond donors (Lipinski definition) is 1. The van der Waals surface area contributed by atoms with E-state index in [1.54, 1.807) is 11.3 Å². The minimum atomic E-state index is -0.285. The Morgan fingerprint density at radius 1 is 1.47 bits per heavy atom. The summed E-state index contributed by atoms with van der Waals surface area (Å²) in [5.41, 5.74) is 6.84. The van der Waals surface area contributed by atoms with Crippen molar-refractivity contribution in [2.24, 2.45) is 5.73 Å². The van der Waals surface area contributed by atoms with Crippen molar-refractivity contribution in [1.29, 1.82) is 0 Å². The first-order valence-electron chi connectivity index (χ1n) is 6.34. The van der Waals surface area contributed by atoms with E-state index in [0.717, 1.165) is 30.0 Å². The fourth-order valence-corrected chi connectivity index (χ4v) is 2.75. The number of rotatable bonds is 7. The van der Waals surface area contributed by atoms with Crippen LogP contribution < -0.4 is 5.73 Å². The molecule has 1 rings (SSSR count). The maximum Gasteiger partial charge on any atom is 0.124 e. The van der Waals surface area contributed by atoms with E-state index in [1.807, 2.05) is 6.92 Å². The molecular formula is C13H24N2OS. The molecule has 0 amide bonds. The molecular weight excluding hydrogens is 232 g/mol. The monoisotopic (exact) mass is 256 g/mol. The summed E-state index contributed by atoms with van der Waals surface area (Å²) in [5.74, 6) is 0. The molecule has 3 nitrogen and oxygen atoms in total. The average Bonchev–Trinajstić information content (AvgIpc) is 2.67. The largest absolute Gasteiger partial charge is 0.369 e. The van der Waals surface area contributed by atoms with Gasteiger partial charge in [0.1, 0.15) is 10.6 Å². The molecule has 0 aromatic carbocycles. The molecule has 0 saturated heterocycles. The summed E-state index contributed by atoms with van der Waals surface area (Å²) in [7, 11) is 0. The standard InChI is InChI=1S/C13H24N2OS/c1-5-7-10(14)8-11-9-17-12(15-11)13(3,4)16-6-2/h9-10H,5-8,14H2,1-4H3. The van der Waals surface area contributed by atoms with Gasteiger partial charge in [0.15, 0.2) is 0 Å².